The Morgan fingerprint density at radius 2 is 2.17 bits per heavy atom. The summed E-state index contributed by atoms with van der Waals surface area (Å²) in [5.41, 5.74) is 2.20. The summed E-state index contributed by atoms with van der Waals surface area (Å²) in [6.07, 6.45) is 1.82. The van der Waals surface area contributed by atoms with Crippen LogP contribution in [0.3, 0.4) is 0 Å². The highest BCUT2D eigenvalue weighted by molar-refractivity contribution is 9.10. The lowest BCUT2D eigenvalue weighted by Gasteiger charge is -2.09. The van der Waals surface area contributed by atoms with Crippen LogP contribution in [0.1, 0.15) is 36.8 Å². The minimum Gasteiger partial charge on any atom is -0.366 e. The number of halogens is 1. The van der Waals surface area contributed by atoms with E-state index < -0.39 is 0 Å². The molecule has 0 aliphatic heterocycles. The van der Waals surface area contributed by atoms with Crippen LogP contribution in [0, 0.1) is 6.92 Å². The molecule has 5 nitrogen and oxygen atoms in total. The maximum Gasteiger partial charge on any atom is 0.134 e. The normalized spacial score (nSPS) is 10.9. The van der Waals surface area contributed by atoms with E-state index in [2.05, 4.69) is 55.3 Å². The summed E-state index contributed by atoms with van der Waals surface area (Å²) in [4.78, 5) is 8.82. The van der Waals surface area contributed by atoms with Crippen molar-refractivity contribution >= 4 is 21.7 Å². The van der Waals surface area contributed by atoms with Crippen molar-refractivity contribution < 1.29 is 0 Å². The number of aromatic nitrogens is 4. The van der Waals surface area contributed by atoms with Crippen LogP contribution >= 0.6 is 15.9 Å². The van der Waals surface area contributed by atoms with Gasteiger partial charge in [0.15, 0.2) is 0 Å². The summed E-state index contributed by atoms with van der Waals surface area (Å²) >= 11 is 3.40. The molecule has 2 aromatic heterocycles. The van der Waals surface area contributed by atoms with E-state index in [-0.39, 0.29) is 0 Å². The zero-order valence-electron chi connectivity index (χ0n) is 10.7. The maximum atomic E-state index is 4.48. The standard InChI is InChI=1S/C12H16BrN5/c1-7(2)12-16-10(13)4-11(17-12)14-5-9-6-15-18-8(9)3/h4,6-7H,5H2,1-3H3,(H,15,18)(H,14,16,17). The first-order valence-corrected chi connectivity index (χ1v) is 6.62. The zero-order valence-corrected chi connectivity index (χ0v) is 12.2. The van der Waals surface area contributed by atoms with Crippen LogP contribution in [-0.4, -0.2) is 20.2 Å². The van der Waals surface area contributed by atoms with Gasteiger partial charge in [-0.15, -0.1) is 0 Å². The van der Waals surface area contributed by atoms with Gasteiger partial charge in [0.05, 0.1) is 6.20 Å². The van der Waals surface area contributed by atoms with E-state index in [0.717, 1.165) is 27.5 Å². The molecule has 0 atom stereocenters. The van der Waals surface area contributed by atoms with Crippen LogP contribution in [0.5, 0.6) is 0 Å². The number of hydrogen-bond acceptors (Lipinski definition) is 4. The molecule has 2 heterocycles. The van der Waals surface area contributed by atoms with Gasteiger partial charge in [0.25, 0.3) is 0 Å². The molecule has 0 saturated heterocycles. The molecule has 6 heteroatoms. The molecular formula is C12H16BrN5. The van der Waals surface area contributed by atoms with Crippen LogP contribution in [0.15, 0.2) is 16.9 Å². The van der Waals surface area contributed by atoms with E-state index in [9.17, 15) is 0 Å². The van der Waals surface area contributed by atoms with E-state index in [1.54, 1.807) is 0 Å². The summed E-state index contributed by atoms with van der Waals surface area (Å²) in [5.74, 6) is 1.95. The molecule has 96 valence electrons. The molecule has 0 amide bonds. The van der Waals surface area contributed by atoms with E-state index in [1.165, 1.54) is 0 Å². The first kappa shape index (κ1) is 13.0. The number of H-pyrrole nitrogens is 1. The molecule has 0 spiro atoms. The van der Waals surface area contributed by atoms with Crippen molar-refractivity contribution in [3.63, 3.8) is 0 Å². The van der Waals surface area contributed by atoms with E-state index in [4.69, 9.17) is 0 Å². The molecule has 0 aliphatic rings. The van der Waals surface area contributed by atoms with Gasteiger partial charge in [-0.25, -0.2) is 9.97 Å². The van der Waals surface area contributed by atoms with E-state index in [1.807, 2.05) is 19.2 Å². The Labute approximate surface area is 115 Å². The van der Waals surface area contributed by atoms with Crippen molar-refractivity contribution in [2.45, 2.75) is 33.2 Å². The number of nitrogens with one attached hydrogen (secondary N) is 2. The Bertz CT molecular complexity index is 535. The summed E-state index contributed by atoms with van der Waals surface area (Å²) in [7, 11) is 0. The van der Waals surface area contributed by atoms with Gasteiger partial charge in [-0.3, -0.25) is 5.10 Å². The van der Waals surface area contributed by atoms with Gasteiger partial charge in [-0.1, -0.05) is 13.8 Å². The summed E-state index contributed by atoms with van der Waals surface area (Å²) in [5, 5.41) is 10.2. The van der Waals surface area contributed by atoms with E-state index in [0.29, 0.717) is 12.5 Å². The Morgan fingerprint density at radius 3 is 2.78 bits per heavy atom. The highest BCUT2D eigenvalue weighted by Gasteiger charge is 2.07. The number of aromatic amines is 1. The second-order valence-corrected chi connectivity index (χ2v) is 5.28. The van der Waals surface area contributed by atoms with Gasteiger partial charge < -0.3 is 5.32 Å². The molecule has 0 unspecified atom stereocenters. The van der Waals surface area contributed by atoms with Crippen molar-refractivity contribution in [3.8, 4) is 0 Å². The number of anilines is 1. The molecular weight excluding hydrogens is 294 g/mol. The van der Waals surface area contributed by atoms with Gasteiger partial charge in [-0.2, -0.15) is 5.10 Å². The third-order valence-corrected chi connectivity index (χ3v) is 3.03. The van der Waals surface area contributed by atoms with Gasteiger partial charge in [0.2, 0.25) is 0 Å². The fraction of sp³-hybridized carbons (Fsp3) is 0.417. The molecule has 2 N–H and O–H groups in total. The van der Waals surface area contributed by atoms with Crippen molar-refractivity contribution in [3.05, 3.63) is 33.9 Å². The summed E-state index contributed by atoms with van der Waals surface area (Å²) in [6.45, 7) is 6.85. The lowest BCUT2D eigenvalue weighted by atomic mass is 10.2. The Kier molecular flexibility index (Phi) is 3.96. The van der Waals surface area contributed by atoms with Gasteiger partial charge in [-0.05, 0) is 22.9 Å². The van der Waals surface area contributed by atoms with Crippen LogP contribution in [0.4, 0.5) is 5.82 Å². The first-order valence-electron chi connectivity index (χ1n) is 5.83. The number of nitrogens with zero attached hydrogens (tertiary/aromatic N) is 3. The van der Waals surface area contributed by atoms with Crippen molar-refractivity contribution in [1.82, 2.24) is 20.2 Å². The molecule has 2 rings (SSSR count). The third kappa shape index (κ3) is 3.07. The highest BCUT2D eigenvalue weighted by Crippen LogP contribution is 2.18. The SMILES string of the molecule is Cc1[nH]ncc1CNc1cc(Br)nc(C(C)C)n1. The molecule has 0 fully saturated rings. The average Bonchev–Trinajstić information content (AvgIpc) is 2.71. The monoisotopic (exact) mass is 309 g/mol. The maximum absolute atomic E-state index is 4.48. The number of hydrogen-bond donors (Lipinski definition) is 2. The smallest absolute Gasteiger partial charge is 0.134 e. The lowest BCUT2D eigenvalue weighted by molar-refractivity contribution is 0.769. The quantitative estimate of drug-likeness (QED) is 0.852. The van der Waals surface area contributed by atoms with Crippen LogP contribution in [0.2, 0.25) is 0 Å². The van der Waals surface area contributed by atoms with Crippen molar-refractivity contribution in [2.24, 2.45) is 0 Å². The number of rotatable bonds is 4. The molecule has 0 radical (unpaired) electrons. The second-order valence-electron chi connectivity index (χ2n) is 4.46. The van der Waals surface area contributed by atoms with Gasteiger partial charge >= 0.3 is 0 Å². The number of aryl methyl sites for hydroxylation is 1. The minimum absolute atomic E-state index is 0.304. The molecule has 0 saturated carbocycles. The predicted octanol–water partition coefficient (Wildman–Crippen LogP) is 3.01. The highest BCUT2D eigenvalue weighted by atomic mass is 79.9. The molecule has 18 heavy (non-hydrogen) atoms. The zero-order chi connectivity index (χ0) is 13.1. The minimum atomic E-state index is 0.304. The van der Waals surface area contributed by atoms with Crippen LogP contribution < -0.4 is 5.32 Å². The second kappa shape index (κ2) is 5.48. The van der Waals surface area contributed by atoms with Gasteiger partial charge in [0.1, 0.15) is 16.2 Å². The van der Waals surface area contributed by atoms with Crippen LogP contribution in [0.25, 0.3) is 0 Å². The first-order chi connectivity index (χ1) is 8.56. The Morgan fingerprint density at radius 1 is 1.39 bits per heavy atom. The van der Waals surface area contributed by atoms with E-state index >= 15 is 0 Å². The topological polar surface area (TPSA) is 66.5 Å². The van der Waals surface area contributed by atoms with Crippen molar-refractivity contribution in [1.29, 1.82) is 0 Å². The third-order valence-electron chi connectivity index (χ3n) is 2.62. The summed E-state index contributed by atoms with van der Waals surface area (Å²) in [6, 6.07) is 1.88. The molecule has 0 aliphatic carbocycles. The fourth-order valence-electron chi connectivity index (χ4n) is 1.52. The van der Waals surface area contributed by atoms with Gasteiger partial charge in [0, 0.05) is 29.8 Å². The van der Waals surface area contributed by atoms with Crippen LogP contribution in [-0.2, 0) is 6.54 Å². The lowest BCUT2D eigenvalue weighted by Crippen LogP contribution is -2.06. The molecule has 0 aromatic carbocycles. The fourth-order valence-corrected chi connectivity index (χ4v) is 1.92. The van der Waals surface area contributed by atoms with Crippen molar-refractivity contribution in [2.75, 3.05) is 5.32 Å². The Balaban J connectivity index is 2.12. The molecule has 2 aromatic rings. The average molecular weight is 310 g/mol. The predicted molar refractivity (Wildman–Crippen MR) is 74.5 cm³/mol. The molecule has 0 bridgehead atoms. The largest absolute Gasteiger partial charge is 0.366 e. The Hall–Kier alpha value is -1.43. The summed E-state index contributed by atoms with van der Waals surface area (Å²) < 4.78 is 0.799.